The average Bonchev–Trinajstić information content (AvgIpc) is 3.89. The Morgan fingerprint density at radius 2 is 1.20 bits per heavy atom. The summed E-state index contributed by atoms with van der Waals surface area (Å²) >= 11 is 0. The zero-order valence-corrected chi connectivity index (χ0v) is 50.3. The predicted molar refractivity (Wildman–Crippen MR) is 305 cm³/mol. The van der Waals surface area contributed by atoms with E-state index in [1.807, 2.05) is 81.4 Å². The van der Waals surface area contributed by atoms with Gasteiger partial charge in [0.15, 0.2) is 12.1 Å². The van der Waals surface area contributed by atoms with Crippen LogP contribution in [-0.2, 0) is 60.7 Å². The molecule has 0 spiro atoms. The van der Waals surface area contributed by atoms with E-state index in [0.717, 1.165) is 20.9 Å². The summed E-state index contributed by atoms with van der Waals surface area (Å²) in [6, 6.07) is 9.02. The first-order valence-electron chi connectivity index (χ1n) is 28.3. The van der Waals surface area contributed by atoms with Gasteiger partial charge in [-0.15, -0.1) is 0 Å². The highest BCUT2D eigenvalue weighted by atomic mass is 16.6. The van der Waals surface area contributed by atoms with Crippen LogP contribution in [-0.4, -0.2) is 183 Å². The maximum Gasteiger partial charge on any atom is 0.332 e. The van der Waals surface area contributed by atoms with Crippen LogP contribution in [0, 0.1) is 29.6 Å². The zero-order chi connectivity index (χ0) is 60.7. The number of likely N-dealkylation sites (tertiary alicyclic amines) is 1. The largest absolute Gasteiger partial charge is 0.480 e. The number of carbonyl (C=O) groups excluding carboxylic acids is 8. The molecule has 0 aromatic heterocycles. The van der Waals surface area contributed by atoms with Crippen molar-refractivity contribution in [1.82, 2.24) is 35.1 Å². The molecule has 1 fully saturated rings. The number of aliphatic hydroxyl groups is 1. The minimum atomic E-state index is -1.97. The van der Waals surface area contributed by atoms with Crippen LogP contribution in [0.4, 0.5) is 0 Å². The number of benzene rings is 2. The van der Waals surface area contributed by atoms with Crippen molar-refractivity contribution in [2.45, 2.75) is 188 Å². The highest BCUT2D eigenvalue weighted by Crippen LogP contribution is 2.27. The van der Waals surface area contributed by atoms with Gasteiger partial charge in [-0.05, 0) is 80.8 Å². The first-order valence-corrected chi connectivity index (χ1v) is 28.3. The Balaban J connectivity index is 1.92. The number of hydrogen-bond donors (Lipinski definition) is 5. The quantitative estimate of drug-likeness (QED) is 0.0713. The molecule has 1 saturated heterocycles. The lowest BCUT2D eigenvalue weighted by Crippen LogP contribution is -2.63. The Labute approximate surface area is 474 Å². The van der Waals surface area contributed by atoms with E-state index in [4.69, 9.17) is 10.5 Å². The molecule has 3 rings (SSSR count). The van der Waals surface area contributed by atoms with Gasteiger partial charge in [-0.25, -0.2) is 9.59 Å². The van der Waals surface area contributed by atoms with Gasteiger partial charge >= 0.3 is 11.9 Å². The van der Waals surface area contributed by atoms with Gasteiger partial charge in [0, 0.05) is 47.1 Å². The van der Waals surface area contributed by atoms with Gasteiger partial charge in [0.05, 0.1) is 11.6 Å². The van der Waals surface area contributed by atoms with Crippen molar-refractivity contribution in [1.29, 1.82) is 0 Å². The number of amides is 7. The number of carbonyl (C=O) groups is 9. The fourth-order valence-electron chi connectivity index (χ4n) is 10.6. The zero-order valence-electron chi connectivity index (χ0n) is 50.3. The Morgan fingerprint density at radius 1 is 0.688 bits per heavy atom. The van der Waals surface area contributed by atoms with Gasteiger partial charge in [0.25, 0.3) is 5.91 Å². The van der Waals surface area contributed by atoms with Crippen LogP contribution in [0.2, 0.25) is 0 Å². The molecule has 7 amide bonds. The van der Waals surface area contributed by atoms with Crippen molar-refractivity contribution in [3.05, 3.63) is 71.8 Å². The van der Waals surface area contributed by atoms with E-state index in [0.29, 0.717) is 25.7 Å². The third-order valence-electron chi connectivity index (χ3n) is 15.5. The molecule has 20 nitrogen and oxygen atoms in total. The van der Waals surface area contributed by atoms with E-state index >= 15 is 0 Å². The molecule has 80 heavy (non-hydrogen) atoms. The Hall–Kier alpha value is -6.41. The van der Waals surface area contributed by atoms with Crippen LogP contribution in [0.3, 0.4) is 0 Å². The number of likely N-dealkylation sites (N-methyl/N-ethyl adjacent to an activating group) is 4. The number of nitrogens with one attached hydrogen (secondary N) is 2. The van der Waals surface area contributed by atoms with Gasteiger partial charge in [0.2, 0.25) is 35.4 Å². The van der Waals surface area contributed by atoms with E-state index in [1.54, 1.807) is 55.5 Å². The predicted octanol–water partition coefficient (Wildman–Crippen LogP) is 4.29. The van der Waals surface area contributed by atoms with E-state index in [-0.39, 0.29) is 31.7 Å². The summed E-state index contributed by atoms with van der Waals surface area (Å²) in [7, 11) is 5.58. The Morgan fingerprint density at radius 3 is 1.68 bits per heavy atom. The second kappa shape index (κ2) is 30.4. The fourth-order valence-corrected chi connectivity index (χ4v) is 10.6. The number of nitrogens with two attached hydrogens (primary N) is 1. The van der Waals surface area contributed by atoms with Crippen molar-refractivity contribution in [2.24, 2.45) is 35.3 Å². The SMILES string of the molecule is CCC(C)[C@@H](OC(=O)[C@@H](N(C)C(=O)[C@H](CC(C)C)NC(=O)[C@H](C(C)C)N(C)C(=O)[C@@H](NC(=O)[C@@H]1CCCN1C(=O)[C@H](Cc1ccccc1)N(C)C(=O)[C@@H](N)Cc1ccccc1)[C@H](C)CC)C(C)(C)O)C(=O)N(C)[C@H](C(=O)O)C(C)C. The fraction of sp³-hybridized carbons (Fsp3) is 0.650. The summed E-state index contributed by atoms with van der Waals surface area (Å²) in [4.78, 5) is 134. The summed E-state index contributed by atoms with van der Waals surface area (Å²) in [6.07, 6.45) is 0.567. The smallest absolute Gasteiger partial charge is 0.332 e. The van der Waals surface area contributed by atoms with Crippen molar-refractivity contribution in [3.63, 3.8) is 0 Å². The normalized spacial score (nSPS) is 17.4. The number of nitrogens with zero attached hydrogens (tertiary/aromatic N) is 5. The third kappa shape index (κ3) is 17.8. The van der Waals surface area contributed by atoms with Gasteiger partial charge in [-0.2, -0.15) is 0 Å². The summed E-state index contributed by atoms with van der Waals surface area (Å²) in [5.74, 6) is -8.96. The van der Waals surface area contributed by atoms with E-state index < -0.39 is 137 Å². The molecule has 1 aliphatic heterocycles. The summed E-state index contributed by atoms with van der Waals surface area (Å²) in [6.45, 7) is 20.3. The number of ether oxygens (including phenoxy) is 1. The van der Waals surface area contributed by atoms with Crippen LogP contribution in [0.1, 0.15) is 126 Å². The molecule has 2 aromatic carbocycles. The molecule has 11 atom stereocenters. The number of esters is 1. The first-order chi connectivity index (χ1) is 37.3. The maximum atomic E-state index is 14.8. The summed E-state index contributed by atoms with van der Waals surface area (Å²) < 4.78 is 5.85. The lowest BCUT2D eigenvalue weighted by atomic mass is 9.93. The maximum absolute atomic E-state index is 14.8. The highest BCUT2D eigenvalue weighted by molar-refractivity contribution is 5.98. The third-order valence-corrected chi connectivity index (χ3v) is 15.5. The monoisotopic (exact) mass is 1120 g/mol. The van der Waals surface area contributed by atoms with Gasteiger partial charge in [0.1, 0.15) is 36.3 Å². The lowest BCUT2D eigenvalue weighted by molar-refractivity contribution is -0.178. The van der Waals surface area contributed by atoms with Gasteiger partial charge in [-0.3, -0.25) is 33.6 Å². The summed E-state index contributed by atoms with van der Waals surface area (Å²) in [5, 5.41) is 27.2. The van der Waals surface area contributed by atoms with Crippen LogP contribution < -0.4 is 16.4 Å². The standard InChI is InChI=1S/C60H94N8O12/c1-17-38(9)46(63-51(69)44-30-25-31-68(44)55(73)45(34-41-28-23-20-24-29-41)64(13)53(71)42(61)33-40-26-21-19-22-27-40)56(74)65(14)47(36(5)6)52(70)62-43(32-35(3)4)54(72)67(16)50(60(11,12)79)59(78)80-49(39(10)18-2)57(75)66(15)48(37(7)8)58(76)77/h19-24,26-29,35-39,42-50,79H,17-18,25,30-34,61H2,1-16H3,(H,62,70)(H,63,69)(H,76,77)/t38-,39?,42+,43+,44+,45+,46+,47+,48+,49-,50-/m1/s1. The second-order valence-corrected chi connectivity index (χ2v) is 23.6. The van der Waals surface area contributed by atoms with Crippen LogP contribution >= 0.6 is 0 Å². The molecule has 0 radical (unpaired) electrons. The highest BCUT2D eigenvalue weighted by Gasteiger charge is 2.47. The molecule has 0 saturated carbocycles. The van der Waals surface area contributed by atoms with Crippen LogP contribution in [0.25, 0.3) is 0 Å². The summed E-state index contributed by atoms with van der Waals surface area (Å²) in [5.41, 5.74) is 6.17. The Kier molecular flexibility index (Phi) is 25.8. The molecule has 446 valence electrons. The lowest BCUT2D eigenvalue weighted by Gasteiger charge is -2.39. The molecule has 20 heteroatoms. The van der Waals surface area contributed by atoms with Crippen LogP contribution in [0.5, 0.6) is 0 Å². The van der Waals surface area contributed by atoms with Crippen molar-refractivity contribution in [3.8, 4) is 0 Å². The molecule has 0 aliphatic carbocycles. The molecular weight excluding hydrogens is 1020 g/mol. The average molecular weight is 1120 g/mol. The van der Waals surface area contributed by atoms with E-state index in [2.05, 4.69) is 10.6 Å². The molecule has 1 unspecified atom stereocenters. The molecule has 1 heterocycles. The number of rotatable bonds is 29. The van der Waals surface area contributed by atoms with E-state index in [1.165, 1.54) is 49.7 Å². The van der Waals surface area contributed by atoms with Crippen LogP contribution in [0.15, 0.2) is 60.7 Å². The number of carboxylic acid groups (broad SMARTS) is 1. The van der Waals surface area contributed by atoms with Gasteiger partial charge < -0.3 is 55.8 Å². The minimum absolute atomic E-state index is 0.0639. The number of hydrogen-bond acceptors (Lipinski definition) is 12. The van der Waals surface area contributed by atoms with Crippen molar-refractivity contribution >= 4 is 53.3 Å². The first kappa shape index (κ1) is 67.9. The molecule has 0 bridgehead atoms. The molecule has 1 aliphatic rings. The van der Waals surface area contributed by atoms with Crippen molar-refractivity contribution in [2.75, 3.05) is 34.7 Å². The molecule has 2 aromatic rings. The van der Waals surface area contributed by atoms with E-state index in [9.17, 15) is 53.4 Å². The van der Waals surface area contributed by atoms with Gasteiger partial charge in [-0.1, -0.05) is 136 Å². The van der Waals surface area contributed by atoms with Crippen molar-refractivity contribution < 1.29 is 58.1 Å². The number of aliphatic carboxylic acids is 1. The minimum Gasteiger partial charge on any atom is -0.480 e. The molecular formula is C60H94N8O12. The number of carboxylic acids is 1. The molecule has 6 N–H and O–H groups in total. The topological polar surface area (TPSA) is 270 Å². The Bertz CT molecular complexity index is 2420. The second-order valence-electron chi connectivity index (χ2n) is 23.6.